The van der Waals surface area contributed by atoms with Crippen molar-refractivity contribution in [3.05, 3.63) is 54.1 Å². The Morgan fingerprint density at radius 1 is 1.03 bits per heavy atom. The number of carbonyl (C=O) groups excluding carboxylic acids is 1. The first-order valence-corrected chi connectivity index (χ1v) is 11.4. The van der Waals surface area contributed by atoms with Crippen LogP contribution in [-0.4, -0.2) is 38.9 Å². The van der Waals surface area contributed by atoms with Gasteiger partial charge in [0.05, 0.1) is 11.5 Å². The summed E-state index contributed by atoms with van der Waals surface area (Å²) in [5, 5.41) is 0. The first-order valence-electron chi connectivity index (χ1n) is 9.93. The van der Waals surface area contributed by atoms with E-state index in [-0.39, 0.29) is 10.8 Å². The number of rotatable bonds is 6. The molecule has 3 rings (SSSR count). The fourth-order valence-electron chi connectivity index (χ4n) is 3.79. The summed E-state index contributed by atoms with van der Waals surface area (Å²) in [5.74, 6) is 1.59. The molecule has 29 heavy (non-hydrogen) atoms. The number of hydrogen-bond donors (Lipinski definition) is 1. The third-order valence-electron chi connectivity index (χ3n) is 4.99. The number of hydrogen-bond acceptors (Lipinski definition) is 4. The number of benzene rings is 2. The van der Waals surface area contributed by atoms with Crippen molar-refractivity contribution in [2.75, 3.05) is 24.4 Å². The standard InChI is InChI=1S/C22H28N2O4S/c1-4-28-20-9-11-21(12-10-20)29(26,27)23-19-7-5-18(6-8-19)22(25)24-14-16(2)13-17(3)15-24/h5-12,16-17,23H,4,13-15H2,1-3H3. The molecule has 7 heteroatoms. The molecule has 0 spiro atoms. The SMILES string of the molecule is CCOc1ccc(S(=O)(=O)Nc2ccc(C(=O)N3CC(C)CC(C)C3)cc2)cc1. The minimum atomic E-state index is -3.71. The molecule has 1 aliphatic heterocycles. The van der Waals surface area contributed by atoms with Crippen LogP contribution in [0.2, 0.25) is 0 Å². The van der Waals surface area contributed by atoms with E-state index < -0.39 is 10.0 Å². The first kappa shape index (κ1) is 21.2. The summed E-state index contributed by atoms with van der Waals surface area (Å²) in [5.41, 5.74) is 0.978. The molecule has 1 heterocycles. The zero-order valence-electron chi connectivity index (χ0n) is 17.1. The smallest absolute Gasteiger partial charge is 0.261 e. The third-order valence-corrected chi connectivity index (χ3v) is 6.38. The topological polar surface area (TPSA) is 75.7 Å². The van der Waals surface area contributed by atoms with Crippen LogP contribution in [0.1, 0.15) is 37.6 Å². The molecule has 0 saturated carbocycles. The lowest BCUT2D eigenvalue weighted by Crippen LogP contribution is -2.42. The Labute approximate surface area is 172 Å². The van der Waals surface area contributed by atoms with Crippen LogP contribution in [0.25, 0.3) is 0 Å². The van der Waals surface area contributed by atoms with Gasteiger partial charge in [-0.2, -0.15) is 0 Å². The predicted octanol–water partition coefficient (Wildman–Crippen LogP) is 4.00. The van der Waals surface area contributed by atoms with Crippen LogP contribution < -0.4 is 9.46 Å². The van der Waals surface area contributed by atoms with Crippen LogP contribution in [0.3, 0.4) is 0 Å². The number of piperidine rings is 1. The summed E-state index contributed by atoms with van der Waals surface area (Å²) in [6.45, 7) is 8.23. The van der Waals surface area contributed by atoms with E-state index in [1.807, 2.05) is 11.8 Å². The van der Waals surface area contributed by atoms with E-state index in [0.717, 1.165) is 19.5 Å². The number of anilines is 1. The molecule has 0 bridgehead atoms. The molecule has 2 unspecified atom stereocenters. The highest BCUT2D eigenvalue weighted by atomic mass is 32.2. The summed E-state index contributed by atoms with van der Waals surface area (Å²) < 4.78 is 33.1. The molecule has 1 fully saturated rings. The molecule has 1 saturated heterocycles. The number of amides is 1. The van der Waals surface area contributed by atoms with E-state index in [1.165, 1.54) is 12.1 Å². The van der Waals surface area contributed by atoms with Gasteiger partial charge in [0.15, 0.2) is 0 Å². The van der Waals surface area contributed by atoms with Crippen molar-refractivity contribution in [2.45, 2.75) is 32.1 Å². The highest BCUT2D eigenvalue weighted by Gasteiger charge is 2.26. The Bertz CT molecular complexity index is 930. The molecule has 156 valence electrons. The molecule has 1 aliphatic rings. The number of sulfonamides is 1. The minimum absolute atomic E-state index is 0.00989. The van der Waals surface area contributed by atoms with Gasteiger partial charge in [0.1, 0.15) is 5.75 Å². The second-order valence-electron chi connectivity index (χ2n) is 7.74. The summed E-state index contributed by atoms with van der Waals surface area (Å²) >= 11 is 0. The van der Waals surface area contributed by atoms with Gasteiger partial charge in [-0.05, 0) is 73.7 Å². The van der Waals surface area contributed by atoms with E-state index in [0.29, 0.717) is 35.4 Å². The monoisotopic (exact) mass is 416 g/mol. The van der Waals surface area contributed by atoms with Gasteiger partial charge in [-0.1, -0.05) is 13.8 Å². The van der Waals surface area contributed by atoms with Gasteiger partial charge >= 0.3 is 0 Å². The van der Waals surface area contributed by atoms with Crippen molar-refractivity contribution in [3.63, 3.8) is 0 Å². The van der Waals surface area contributed by atoms with Crippen LogP contribution in [0.4, 0.5) is 5.69 Å². The van der Waals surface area contributed by atoms with Crippen LogP contribution in [0.5, 0.6) is 5.75 Å². The van der Waals surface area contributed by atoms with Crippen LogP contribution in [0.15, 0.2) is 53.4 Å². The van der Waals surface area contributed by atoms with E-state index in [9.17, 15) is 13.2 Å². The van der Waals surface area contributed by atoms with Crippen molar-refractivity contribution in [1.82, 2.24) is 4.90 Å². The van der Waals surface area contributed by atoms with Crippen LogP contribution in [-0.2, 0) is 10.0 Å². The average molecular weight is 417 g/mol. The fourth-order valence-corrected chi connectivity index (χ4v) is 4.85. The molecule has 1 amide bonds. The highest BCUT2D eigenvalue weighted by Crippen LogP contribution is 2.24. The van der Waals surface area contributed by atoms with Gasteiger partial charge in [-0.15, -0.1) is 0 Å². The fraction of sp³-hybridized carbons (Fsp3) is 0.409. The van der Waals surface area contributed by atoms with Gasteiger partial charge in [0, 0.05) is 24.3 Å². The van der Waals surface area contributed by atoms with E-state index in [4.69, 9.17) is 4.74 Å². The Morgan fingerprint density at radius 2 is 1.62 bits per heavy atom. The number of ether oxygens (including phenoxy) is 1. The quantitative estimate of drug-likeness (QED) is 0.772. The van der Waals surface area contributed by atoms with Gasteiger partial charge in [-0.3, -0.25) is 9.52 Å². The third kappa shape index (κ3) is 5.29. The molecular formula is C22H28N2O4S. The summed E-state index contributed by atoms with van der Waals surface area (Å²) in [6.07, 6.45) is 1.13. The Morgan fingerprint density at radius 3 is 2.17 bits per heavy atom. The zero-order valence-corrected chi connectivity index (χ0v) is 17.9. The van der Waals surface area contributed by atoms with Crippen molar-refractivity contribution < 1.29 is 17.9 Å². The number of likely N-dealkylation sites (tertiary alicyclic amines) is 1. The second kappa shape index (κ2) is 8.86. The molecule has 0 aromatic heterocycles. The second-order valence-corrected chi connectivity index (χ2v) is 9.43. The van der Waals surface area contributed by atoms with Crippen molar-refractivity contribution >= 4 is 21.6 Å². The summed E-state index contributed by atoms with van der Waals surface area (Å²) in [7, 11) is -3.71. The van der Waals surface area contributed by atoms with Crippen molar-refractivity contribution in [1.29, 1.82) is 0 Å². The van der Waals surface area contributed by atoms with Crippen molar-refractivity contribution in [3.8, 4) is 5.75 Å². The van der Waals surface area contributed by atoms with Gasteiger partial charge in [0.25, 0.3) is 15.9 Å². The predicted molar refractivity (Wildman–Crippen MR) is 114 cm³/mol. The molecule has 2 aromatic rings. The number of nitrogens with zero attached hydrogens (tertiary/aromatic N) is 1. The first-order chi connectivity index (χ1) is 13.8. The maximum atomic E-state index is 12.8. The van der Waals surface area contributed by atoms with Crippen LogP contribution in [0, 0.1) is 11.8 Å². The average Bonchev–Trinajstić information content (AvgIpc) is 2.68. The molecule has 6 nitrogen and oxygen atoms in total. The normalized spacial score (nSPS) is 19.6. The van der Waals surface area contributed by atoms with Crippen LogP contribution >= 0.6 is 0 Å². The Kier molecular flexibility index (Phi) is 6.47. The molecule has 1 N–H and O–H groups in total. The highest BCUT2D eigenvalue weighted by molar-refractivity contribution is 7.92. The molecule has 0 radical (unpaired) electrons. The zero-order chi connectivity index (χ0) is 21.0. The van der Waals surface area contributed by atoms with Crippen molar-refractivity contribution in [2.24, 2.45) is 11.8 Å². The number of nitrogens with one attached hydrogen (secondary N) is 1. The molecule has 2 aromatic carbocycles. The lowest BCUT2D eigenvalue weighted by molar-refractivity contribution is 0.0623. The van der Waals surface area contributed by atoms with Gasteiger partial charge < -0.3 is 9.64 Å². The summed E-state index contributed by atoms with van der Waals surface area (Å²) in [4.78, 5) is 14.8. The van der Waals surface area contributed by atoms with E-state index in [2.05, 4.69) is 18.6 Å². The Hall–Kier alpha value is -2.54. The van der Waals surface area contributed by atoms with Gasteiger partial charge in [-0.25, -0.2) is 8.42 Å². The van der Waals surface area contributed by atoms with E-state index >= 15 is 0 Å². The maximum Gasteiger partial charge on any atom is 0.261 e. The number of carbonyl (C=O) groups is 1. The minimum Gasteiger partial charge on any atom is -0.494 e. The Balaban J connectivity index is 1.69. The molecular weight excluding hydrogens is 388 g/mol. The largest absolute Gasteiger partial charge is 0.494 e. The van der Waals surface area contributed by atoms with E-state index in [1.54, 1.807) is 36.4 Å². The lowest BCUT2D eigenvalue weighted by atomic mass is 9.91. The molecule has 0 aliphatic carbocycles. The van der Waals surface area contributed by atoms with Gasteiger partial charge in [0.2, 0.25) is 0 Å². The molecule has 2 atom stereocenters. The summed E-state index contributed by atoms with van der Waals surface area (Å²) in [6, 6.07) is 12.8. The maximum absolute atomic E-state index is 12.8. The lowest BCUT2D eigenvalue weighted by Gasteiger charge is -2.35.